The van der Waals surface area contributed by atoms with E-state index in [1.54, 1.807) is 29.0 Å². The monoisotopic (exact) mass is 414 g/mol. The highest BCUT2D eigenvalue weighted by Gasteiger charge is 2.26. The van der Waals surface area contributed by atoms with Crippen molar-refractivity contribution in [3.05, 3.63) is 41.4 Å². The van der Waals surface area contributed by atoms with Gasteiger partial charge in [0.2, 0.25) is 6.41 Å². The molecule has 0 atom stereocenters. The summed E-state index contributed by atoms with van der Waals surface area (Å²) in [6.45, 7) is 2.22. The minimum absolute atomic E-state index is 0.0375. The number of carbonyl (C=O) groups excluding carboxylic acids is 1. The summed E-state index contributed by atoms with van der Waals surface area (Å²) in [5.41, 5.74) is 3.02. The lowest BCUT2D eigenvalue weighted by Crippen LogP contribution is -2.37. The van der Waals surface area contributed by atoms with Gasteiger partial charge in [-0.2, -0.15) is 10.2 Å². The first-order valence-electron chi connectivity index (χ1n) is 9.04. The minimum atomic E-state index is -0.489. The number of morpholine rings is 1. The van der Waals surface area contributed by atoms with E-state index in [1.807, 2.05) is 11.0 Å². The number of fused-ring (bicyclic) bond motifs is 2. The maximum Gasteiger partial charge on any atom is 0.212 e. The van der Waals surface area contributed by atoms with Crippen LogP contribution in [0.2, 0.25) is 5.02 Å². The van der Waals surface area contributed by atoms with Crippen LogP contribution in [0.1, 0.15) is 0 Å². The predicted molar refractivity (Wildman–Crippen MR) is 108 cm³/mol. The lowest BCUT2D eigenvalue weighted by atomic mass is 10.0. The smallest absolute Gasteiger partial charge is 0.212 e. The number of pyridine rings is 1. The van der Waals surface area contributed by atoms with Crippen LogP contribution in [0.25, 0.3) is 27.5 Å². The molecule has 8 nitrogen and oxygen atoms in total. The van der Waals surface area contributed by atoms with Gasteiger partial charge < -0.3 is 15.0 Å². The number of aromatic amines is 1. The van der Waals surface area contributed by atoms with Crippen molar-refractivity contribution < 1.29 is 13.9 Å². The first kappa shape index (κ1) is 17.9. The van der Waals surface area contributed by atoms with Gasteiger partial charge in [-0.1, -0.05) is 11.6 Å². The van der Waals surface area contributed by atoms with E-state index in [9.17, 15) is 4.79 Å². The molecule has 0 radical (unpaired) electrons. The normalized spacial score (nSPS) is 14.6. The van der Waals surface area contributed by atoms with Crippen LogP contribution < -0.4 is 10.2 Å². The number of rotatable bonds is 4. The number of hydrogen-bond donors (Lipinski definition) is 2. The summed E-state index contributed by atoms with van der Waals surface area (Å²) in [5.74, 6) is -0.0671. The Bertz CT molecular complexity index is 1230. The molecule has 4 heterocycles. The van der Waals surface area contributed by atoms with E-state index in [0.717, 1.165) is 16.5 Å². The largest absolute Gasteiger partial charge is 0.378 e. The van der Waals surface area contributed by atoms with E-state index < -0.39 is 5.82 Å². The number of nitrogens with one attached hydrogen (secondary N) is 2. The summed E-state index contributed by atoms with van der Waals surface area (Å²) >= 11 is 6.54. The Kier molecular flexibility index (Phi) is 4.33. The third-order valence-electron chi connectivity index (χ3n) is 5.05. The number of hydrogen-bond acceptors (Lipinski definition) is 5. The van der Waals surface area contributed by atoms with Gasteiger partial charge in [0.25, 0.3) is 0 Å². The van der Waals surface area contributed by atoms with E-state index in [0.29, 0.717) is 55.3 Å². The van der Waals surface area contributed by atoms with Gasteiger partial charge in [-0.3, -0.25) is 9.89 Å². The van der Waals surface area contributed by atoms with Gasteiger partial charge in [-0.05, 0) is 17.7 Å². The van der Waals surface area contributed by atoms with Gasteiger partial charge in [0.1, 0.15) is 5.69 Å². The van der Waals surface area contributed by atoms with Crippen LogP contribution in [-0.2, 0) is 9.53 Å². The summed E-state index contributed by atoms with van der Waals surface area (Å²) < 4.78 is 22.4. The number of carbonyl (C=O) groups is 1. The van der Waals surface area contributed by atoms with Crippen molar-refractivity contribution in [3.63, 3.8) is 0 Å². The van der Waals surface area contributed by atoms with E-state index in [2.05, 4.69) is 20.6 Å². The molecule has 10 heteroatoms. The molecular weight excluding hydrogens is 399 g/mol. The highest BCUT2D eigenvalue weighted by molar-refractivity contribution is 6.36. The predicted octanol–water partition coefficient (Wildman–Crippen LogP) is 3.08. The first-order chi connectivity index (χ1) is 14.2. The molecule has 1 saturated heterocycles. The maximum atomic E-state index is 15.4. The number of H-pyrrole nitrogens is 1. The van der Waals surface area contributed by atoms with Crippen molar-refractivity contribution in [2.45, 2.75) is 0 Å². The highest BCUT2D eigenvalue weighted by Crippen LogP contribution is 2.43. The van der Waals surface area contributed by atoms with Crippen molar-refractivity contribution in [2.24, 2.45) is 0 Å². The Hall–Kier alpha value is -3.17. The Morgan fingerprint density at radius 2 is 2.14 bits per heavy atom. The summed E-state index contributed by atoms with van der Waals surface area (Å²) in [7, 11) is 0. The van der Waals surface area contributed by atoms with Gasteiger partial charge in [0.15, 0.2) is 11.6 Å². The van der Waals surface area contributed by atoms with Crippen molar-refractivity contribution in [1.82, 2.24) is 19.8 Å². The molecule has 0 bridgehead atoms. The lowest BCUT2D eigenvalue weighted by molar-refractivity contribution is -0.105. The van der Waals surface area contributed by atoms with Crippen molar-refractivity contribution in [3.8, 4) is 11.1 Å². The molecule has 1 amide bonds. The number of ether oxygens (including phenoxy) is 1. The molecule has 0 unspecified atom stereocenters. The number of amides is 1. The fraction of sp³-hybridized carbons (Fsp3) is 0.211. The fourth-order valence-electron chi connectivity index (χ4n) is 3.74. The van der Waals surface area contributed by atoms with Crippen LogP contribution in [0.5, 0.6) is 0 Å². The van der Waals surface area contributed by atoms with Gasteiger partial charge in [-0.25, -0.2) is 8.91 Å². The number of anilines is 2. The van der Waals surface area contributed by atoms with Crippen LogP contribution in [0.3, 0.4) is 0 Å². The van der Waals surface area contributed by atoms with Crippen LogP contribution in [0.15, 0.2) is 30.6 Å². The summed E-state index contributed by atoms with van der Waals surface area (Å²) in [5, 5.41) is 14.6. The molecule has 1 aliphatic rings. The van der Waals surface area contributed by atoms with Crippen LogP contribution in [0.4, 0.5) is 15.9 Å². The summed E-state index contributed by atoms with van der Waals surface area (Å²) in [4.78, 5) is 12.6. The molecule has 29 heavy (non-hydrogen) atoms. The standard InChI is InChI=1S/C19H16ClFN6O2/c20-16-15(11-1-2-27-12(7-11)8-14(25-27)22-10-28)13-9-23-24-18(13)19(17(16)21)26-3-5-29-6-4-26/h1-2,7-10H,3-6H2,(H,23,24)(H,22,25,28). The van der Waals surface area contributed by atoms with Gasteiger partial charge in [0, 0.05) is 36.3 Å². The summed E-state index contributed by atoms with van der Waals surface area (Å²) in [6.07, 6.45) is 3.95. The average molecular weight is 415 g/mol. The second kappa shape index (κ2) is 7.02. The molecule has 0 saturated carbocycles. The highest BCUT2D eigenvalue weighted by atomic mass is 35.5. The average Bonchev–Trinajstić information content (AvgIpc) is 3.36. The number of aromatic nitrogens is 4. The Labute approximate surface area is 169 Å². The van der Waals surface area contributed by atoms with Crippen LogP contribution >= 0.6 is 11.6 Å². The molecule has 0 spiro atoms. The molecule has 148 valence electrons. The third kappa shape index (κ3) is 2.90. The quantitative estimate of drug-likeness (QED) is 0.501. The molecule has 2 N–H and O–H groups in total. The molecule has 5 rings (SSSR count). The fourth-order valence-corrected chi connectivity index (χ4v) is 4.05. The topological polar surface area (TPSA) is 87.5 Å². The molecule has 1 aliphatic heterocycles. The second-order valence-corrected chi connectivity index (χ2v) is 7.06. The van der Waals surface area contributed by atoms with Gasteiger partial charge in [-0.15, -0.1) is 0 Å². The van der Waals surface area contributed by atoms with Crippen LogP contribution in [-0.4, -0.2) is 52.5 Å². The van der Waals surface area contributed by atoms with Crippen LogP contribution in [0, 0.1) is 5.82 Å². The Morgan fingerprint density at radius 1 is 1.31 bits per heavy atom. The Balaban J connectivity index is 1.69. The molecular formula is C19H16ClFN6O2. The zero-order valence-corrected chi connectivity index (χ0v) is 15.9. The molecule has 1 aromatic carbocycles. The van der Waals surface area contributed by atoms with Gasteiger partial charge >= 0.3 is 0 Å². The SMILES string of the molecule is O=CNc1cc2cc(-c3c(Cl)c(F)c(N4CCOCC4)c4[nH]ncc34)ccn2n1. The van der Waals surface area contributed by atoms with E-state index in [1.165, 1.54) is 0 Å². The second-order valence-electron chi connectivity index (χ2n) is 6.69. The molecule has 1 fully saturated rings. The van der Waals surface area contributed by atoms with E-state index >= 15 is 4.39 Å². The van der Waals surface area contributed by atoms with Crippen molar-refractivity contribution in [2.75, 3.05) is 36.5 Å². The number of halogens is 2. The molecule has 0 aliphatic carbocycles. The number of nitrogens with zero attached hydrogens (tertiary/aromatic N) is 4. The zero-order chi connectivity index (χ0) is 20.0. The lowest BCUT2D eigenvalue weighted by Gasteiger charge is -2.30. The first-order valence-corrected chi connectivity index (χ1v) is 9.42. The molecule has 4 aromatic rings. The Morgan fingerprint density at radius 3 is 2.93 bits per heavy atom. The summed E-state index contributed by atoms with van der Waals surface area (Å²) in [6, 6.07) is 5.35. The maximum absolute atomic E-state index is 15.4. The van der Waals surface area contributed by atoms with Crippen molar-refractivity contribution in [1.29, 1.82) is 0 Å². The minimum Gasteiger partial charge on any atom is -0.378 e. The van der Waals surface area contributed by atoms with E-state index in [4.69, 9.17) is 16.3 Å². The molecule has 3 aromatic heterocycles. The van der Waals surface area contributed by atoms with Crippen molar-refractivity contribution >= 4 is 45.9 Å². The number of benzene rings is 1. The van der Waals surface area contributed by atoms with E-state index in [-0.39, 0.29) is 5.02 Å². The van der Waals surface area contributed by atoms with Gasteiger partial charge in [0.05, 0.1) is 35.5 Å². The third-order valence-corrected chi connectivity index (χ3v) is 5.41. The zero-order valence-electron chi connectivity index (χ0n) is 15.2.